The lowest BCUT2D eigenvalue weighted by Crippen LogP contribution is -2.30. The Labute approximate surface area is 107 Å². The van der Waals surface area contributed by atoms with Crippen LogP contribution in [0.25, 0.3) is 11.0 Å². The lowest BCUT2D eigenvalue weighted by atomic mass is 10.3. The van der Waals surface area contributed by atoms with Crippen molar-refractivity contribution >= 4 is 33.8 Å². The molecular weight excluding hydrogens is 250 g/mol. The van der Waals surface area contributed by atoms with Gasteiger partial charge >= 0.3 is 5.69 Å². The van der Waals surface area contributed by atoms with Crippen LogP contribution in [0.15, 0.2) is 39.3 Å². The highest BCUT2D eigenvalue weighted by Gasteiger charge is 2.16. The number of thioether (sulfide) groups is 1. The fourth-order valence-corrected chi connectivity index (χ4v) is 2.53. The molecule has 0 saturated heterocycles. The van der Waals surface area contributed by atoms with Crippen molar-refractivity contribution in [3.05, 3.63) is 34.7 Å². The van der Waals surface area contributed by atoms with Gasteiger partial charge in [-0.1, -0.05) is 23.9 Å². The second-order valence-electron chi connectivity index (χ2n) is 3.74. The van der Waals surface area contributed by atoms with E-state index in [2.05, 4.69) is 20.5 Å². The zero-order valence-electron chi connectivity index (χ0n) is 9.67. The monoisotopic (exact) mass is 261 g/mol. The van der Waals surface area contributed by atoms with Crippen LogP contribution in [0.2, 0.25) is 0 Å². The van der Waals surface area contributed by atoms with Gasteiger partial charge in [-0.3, -0.25) is 0 Å². The molecule has 0 saturated carbocycles. The van der Waals surface area contributed by atoms with Crippen LogP contribution in [-0.2, 0) is 0 Å². The third kappa shape index (κ3) is 1.72. The van der Waals surface area contributed by atoms with Crippen molar-refractivity contribution in [3.8, 4) is 0 Å². The lowest BCUT2D eigenvalue weighted by molar-refractivity contribution is 1.03. The maximum absolute atomic E-state index is 11.9. The van der Waals surface area contributed by atoms with Crippen molar-refractivity contribution in [2.45, 2.75) is 0 Å². The summed E-state index contributed by atoms with van der Waals surface area (Å²) in [5.74, 6) is 1.25. The Kier molecular flexibility index (Phi) is 2.67. The Hall–Kier alpha value is -2.02. The van der Waals surface area contributed by atoms with Crippen LogP contribution >= 0.6 is 11.8 Å². The summed E-state index contributed by atoms with van der Waals surface area (Å²) in [6, 6.07) is 7.53. The zero-order valence-corrected chi connectivity index (χ0v) is 10.5. The van der Waals surface area contributed by atoms with Crippen molar-refractivity contribution in [3.63, 3.8) is 0 Å². The zero-order chi connectivity index (χ0) is 12.5. The van der Waals surface area contributed by atoms with Gasteiger partial charge in [-0.2, -0.15) is 0 Å². The van der Waals surface area contributed by atoms with Gasteiger partial charge in [0.05, 0.1) is 16.8 Å². The molecule has 0 amide bonds. The van der Waals surface area contributed by atoms with Crippen molar-refractivity contribution in [2.24, 2.45) is 10.2 Å². The highest BCUT2D eigenvalue weighted by molar-refractivity contribution is 8.14. The number of nitrogens with zero attached hydrogens (tertiary/aromatic N) is 3. The second kappa shape index (κ2) is 4.34. The lowest BCUT2D eigenvalue weighted by Gasteiger charge is -2.11. The Morgan fingerprint density at radius 3 is 2.94 bits per heavy atom. The van der Waals surface area contributed by atoms with Crippen LogP contribution in [0.1, 0.15) is 0 Å². The Morgan fingerprint density at radius 1 is 1.39 bits per heavy atom. The van der Waals surface area contributed by atoms with E-state index in [4.69, 9.17) is 0 Å². The molecule has 18 heavy (non-hydrogen) atoms. The van der Waals surface area contributed by atoms with E-state index >= 15 is 0 Å². The number of hydrogen-bond acceptors (Lipinski definition) is 5. The number of aromatic amines is 1. The van der Waals surface area contributed by atoms with E-state index in [1.165, 1.54) is 11.8 Å². The van der Waals surface area contributed by atoms with E-state index in [0.717, 1.165) is 16.2 Å². The normalized spacial score (nSPS) is 15.4. The number of para-hydroxylation sites is 2. The van der Waals surface area contributed by atoms with Crippen LogP contribution in [-0.4, -0.2) is 33.4 Å². The van der Waals surface area contributed by atoms with Gasteiger partial charge in [0.25, 0.3) is 0 Å². The highest BCUT2D eigenvalue weighted by atomic mass is 32.2. The fourth-order valence-electron chi connectivity index (χ4n) is 1.84. The first kappa shape index (κ1) is 11.1. The molecule has 2 aromatic rings. The van der Waals surface area contributed by atoms with Gasteiger partial charge in [-0.25, -0.2) is 9.36 Å². The molecule has 1 aliphatic heterocycles. The predicted molar refractivity (Wildman–Crippen MR) is 74.3 cm³/mol. The minimum absolute atomic E-state index is 0.182. The van der Waals surface area contributed by atoms with Crippen LogP contribution in [0.3, 0.4) is 0 Å². The maximum atomic E-state index is 11.9. The number of benzene rings is 1. The molecule has 1 aromatic heterocycles. The third-order valence-electron chi connectivity index (χ3n) is 2.66. The maximum Gasteiger partial charge on any atom is 0.332 e. The molecule has 0 fully saturated rings. The molecule has 0 atom stereocenters. The third-order valence-corrected chi connectivity index (χ3v) is 3.62. The molecule has 0 spiro atoms. The summed E-state index contributed by atoms with van der Waals surface area (Å²) in [6.07, 6.45) is 0. The number of H-pyrrole nitrogens is 1. The fraction of sp³-hybridized carbons (Fsp3) is 0.182. The molecule has 0 unspecified atom stereocenters. The minimum atomic E-state index is -0.182. The van der Waals surface area contributed by atoms with Gasteiger partial charge < -0.3 is 10.3 Å². The van der Waals surface area contributed by atoms with E-state index in [-0.39, 0.29) is 5.69 Å². The smallest absolute Gasteiger partial charge is 0.332 e. The van der Waals surface area contributed by atoms with E-state index in [1.807, 2.05) is 24.3 Å². The average Bonchev–Trinajstić information content (AvgIpc) is 2.75. The number of nitrogens with one attached hydrogen (secondary N) is 2. The topological polar surface area (TPSA) is 74.5 Å². The van der Waals surface area contributed by atoms with E-state index in [1.54, 1.807) is 11.6 Å². The summed E-state index contributed by atoms with van der Waals surface area (Å²) in [7, 11) is 1.80. The van der Waals surface area contributed by atoms with Crippen molar-refractivity contribution < 1.29 is 0 Å². The van der Waals surface area contributed by atoms with Crippen LogP contribution in [0.4, 0.5) is 0 Å². The molecule has 2 N–H and O–H groups in total. The SMILES string of the molecule is CNC1=NN=C(n2c(=O)[nH]c3ccccc32)CS1. The van der Waals surface area contributed by atoms with Crippen molar-refractivity contribution in [1.82, 2.24) is 14.9 Å². The molecule has 7 heteroatoms. The quantitative estimate of drug-likeness (QED) is 0.737. The molecule has 3 rings (SSSR count). The van der Waals surface area contributed by atoms with Gasteiger partial charge in [0, 0.05) is 7.05 Å². The van der Waals surface area contributed by atoms with Crippen LogP contribution < -0.4 is 11.0 Å². The summed E-state index contributed by atoms with van der Waals surface area (Å²) in [6.45, 7) is 0. The highest BCUT2D eigenvalue weighted by Crippen LogP contribution is 2.14. The first-order chi connectivity index (χ1) is 8.79. The molecular formula is C11H11N5OS. The molecule has 2 heterocycles. The predicted octanol–water partition coefficient (Wildman–Crippen LogP) is 0.813. The summed E-state index contributed by atoms with van der Waals surface area (Å²) in [5.41, 5.74) is 1.45. The molecule has 1 aliphatic rings. The van der Waals surface area contributed by atoms with Crippen LogP contribution in [0.5, 0.6) is 0 Å². The van der Waals surface area contributed by atoms with Crippen molar-refractivity contribution in [1.29, 1.82) is 0 Å². The van der Waals surface area contributed by atoms with E-state index < -0.39 is 0 Å². The van der Waals surface area contributed by atoms with E-state index in [0.29, 0.717) is 11.6 Å². The molecule has 0 radical (unpaired) electrons. The van der Waals surface area contributed by atoms with Gasteiger partial charge in [0.1, 0.15) is 0 Å². The Balaban J connectivity index is 2.16. The van der Waals surface area contributed by atoms with Gasteiger partial charge in [0.15, 0.2) is 11.0 Å². The summed E-state index contributed by atoms with van der Waals surface area (Å²) in [5, 5.41) is 11.8. The number of hydrogen-bond donors (Lipinski definition) is 2. The summed E-state index contributed by atoms with van der Waals surface area (Å²) in [4.78, 5) is 14.7. The van der Waals surface area contributed by atoms with Crippen molar-refractivity contribution in [2.75, 3.05) is 12.8 Å². The largest absolute Gasteiger partial charge is 0.366 e. The number of fused-ring (bicyclic) bond motifs is 1. The standard InChI is InChI=1S/C11H11N5OS/c1-12-10-15-14-9(6-18-10)16-8-5-3-2-4-7(8)13-11(16)17/h2-5H,6H2,1H3,(H,12,15)(H,13,17). The number of rotatable bonds is 0. The number of aromatic nitrogens is 2. The second-order valence-corrected chi connectivity index (χ2v) is 4.71. The van der Waals surface area contributed by atoms with E-state index in [9.17, 15) is 4.79 Å². The van der Waals surface area contributed by atoms with Gasteiger partial charge in [-0.15, -0.1) is 10.2 Å². The number of imidazole rings is 1. The average molecular weight is 261 g/mol. The Morgan fingerprint density at radius 2 is 2.22 bits per heavy atom. The van der Waals surface area contributed by atoms with Crippen LogP contribution in [0, 0.1) is 0 Å². The van der Waals surface area contributed by atoms with Gasteiger partial charge in [-0.05, 0) is 12.1 Å². The first-order valence-corrected chi connectivity index (χ1v) is 6.43. The molecule has 0 aliphatic carbocycles. The first-order valence-electron chi connectivity index (χ1n) is 5.45. The molecule has 92 valence electrons. The minimum Gasteiger partial charge on any atom is -0.366 e. The number of amidine groups is 1. The Bertz CT molecular complexity index is 712. The summed E-state index contributed by atoms with van der Waals surface area (Å²) < 4.78 is 1.57. The van der Waals surface area contributed by atoms with Gasteiger partial charge in [0.2, 0.25) is 0 Å². The molecule has 6 nitrogen and oxygen atoms in total. The molecule has 0 bridgehead atoms. The molecule has 1 aromatic carbocycles. The summed E-state index contributed by atoms with van der Waals surface area (Å²) >= 11 is 1.52.